The first kappa shape index (κ1) is 18.1. The van der Waals surface area contributed by atoms with Gasteiger partial charge in [0.15, 0.2) is 0 Å². The van der Waals surface area contributed by atoms with E-state index in [1.165, 1.54) is 0 Å². The molecule has 1 aromatic carbocycles. The lowest BCUT2D eigenvalue weighted by molar-refractivity contribution is -0.157. The molecule has 26 heavy (non-hydrogen) atoms. The molecule has 7 heteroatoms. The van der Waals surface area contributed by atoms with Crippen LogP contribution in [0.25, 0.3) is 0 Å². The van der Waals surface area contributed by atoms with Gasteiger partial charge in [0.05, 0.1) is 30.2 Å². The Morgan fingerprint density at radius 2 is 1.85 bits per heavy atom. The first-order valence-electron chi connectivity index (χ1n) is 8.76. The van der Waals surface area contributed by atoms with Gasteiger partial charge in [0.25, 0.3) is 0 Å². The Morgan fingerprint density at radius 1 is 1.15 bits per heavy atom. The summed E-state index contributed by atoms with van der Waals surface area (Å²) in [7, 11) is 0. The second-order valence-corrected chi connectivity index (χ2v) is 6.38. The standard InChI is InChI=1S/C19H21NO6/c1-3-25-16(22)14-11-12(21)9-10-19(14)13-7-5-6-8-15(13)20(17(19)23)18(24)26-4-2/h5-8,14H,3-4,9-11H2,1-2H3/t14-,19+/m0/s1. The molecule has 3 rings (SSSR count). The molecule has 1 aliphatic carbocycles. The number of ether oxygens (including phenoxy) is 2. The highest BCUT2D eigenvalue weighted by atomic mass is 16.6. The molecular formula is C19H21NO6. The second kappa shape index (κ2) is 6.90. The lowest BCUT2D eigenvalue weighted by Gasteiger charge is -2.37. The summed E-state index contributed by atoms with van der Waals surface area (Å²) >= 11 is 0. The topological polar surface area (TPSA) is 90.0 Å². The van der Waals surface area contributed by atoms with E-state index in [4.69, 9.17) is 9.47 Å². The minimum absolute atomic E-state index is 0.0738. The van der Waals surface area contributed by atoms with Gasteiger partial charge in [-0.05, 0) is 31.9 Å². The number of hydrogen-bond acceptors (Lipinski definition) is 6. The summed E-state index contributed by atoms with van der Waals surface area (Å²) in [6.07, 6.45) is -0.509. The Labute approximate surface area is 151 Å². The molecule has 1 aromatic rings. The second-order valence-electron chi connectivity index (χ2n) is 6.38. The summed E-state index contributed by atoms with van der Waals surface area (Å²) in [6.45, 7) is 3.60. The summed E-state index contributed by atoms with van der Waals surface area (Å²) in [5.74, 6) is -2.15. The van der Waals surface area contributed by atoms with Crippen LogP contribution in [0.5, 0.6) is 0 Å². The third kappa shape index (κ3) is 2.58. The predicted molar refractivity (Wildman–Crippen MR) is 91.6 cm³/mol. The summed E-state index contributed by atoms with van der Waals surface area (Å²) in [5.41, 5.74) is -0.299. The van der Waals surface area contributed by atoms with Crippen LogP contribution in [0, 0.1) is 5.92 Å². The van der Waals surface area contributed by atoms with Crippen LogP contribution in [0.3, 0.4) is 0 Å². The van der Waals surface area contributed by atoms with E-state index in [0.29, 0.717) is 11.3 Å². The van der Waals surface area contributed by atoms with E-state index >= 15 is 0 Å². The largest absolute Gasteiger partial charge is 0.466 e. The van der Waals surface area contributed by atoms with E-state index in [0.717, 1.165) is 4.90 Å². The number of carbonyl (C=O) groups excluding carboxylic acids is 4. The molecule has 2 aliphatic rings. The van der Waals surface area contributed by atoms with Crippen LogP contribution in [0.15, 0.2) is 24.3 Å². The van der Waals surface area contributed by atoms with Gasteiger partial charge in [-0.15, -0.1) is 0 Å². The van der Waals surface area contributed by atoms with Crippen molar-refractivity contribution in [3.05, 3.63) is 29.8 Å². The van der Waals surface area contributed by atoms with Crippen molar-refractivity contribution in [1.82, 2.24) is 0 Å². The molecule has 138 valence electrons. The monoisotopic (exact) mass is 359 g/mol. The molecule has 0 radical (unpaired) electrons. The Hall–Kier alpha value is -2.70. The molecule has 2 atom stereocenters. The van der Waals surface area contributed by atoms with Gasteiger partial charge in [-0.1, -0.05) is 18.2 Å². The van der Waals surface area contributed by atoms with Crippen molar-refractivity contribution < 1.29 is 28.7 Å². The summed E-state index contributed by atoms with van der Waals surface area (Å²) in [6, 6.07) is 6.85. The highest BCUT2D eigenvalue weighted by Gasteiger charge is 2.61. The summed E-state index contributed by atoms with van der Waals surface area (Å²) in [5, 5.41) is 0. The zero-order valence-electron chi connectivity index (χ0n) is 14.8. The maximum Gasteiger partial charge on any atom is 0.421 e. The normalized spacial score (nSPS) is 24.5. The highest BCUT2D eigenvalue weighted by Crippen LogP contribution is 2.52. The predicted octanol–water partition coefficient (Wildman–Crippen LogP) is 2.36. The maximum absolute atomic E-state index is 13.4. The fourth-order valence-corrected chi connectivity index (χ4v) is 3.96. The molecule has 1 aliphatic heterocycles. The number of ketones is 1. The molecule has 2 amide bonds. The first-order valence-corrected chi connectivity index (χ1v) is 8.76. The number of anilines is 1. The van der Waals surface area contributed by atoms with Crippen LogP contribution in [0.1, 0.15) is 38.7 Å². The molecule has 0 unspecified atom stereocenters. The van der Waals surface area contributed by atoms with Crippen molar-refractivity contribution in [3.8, 4) is 0 Å². The third-order valence-electron chi connectivity index (χ3n) is 5.06. The average Bonchev–Trinajstić information content (AvgIpc) is 2.87. The van der Waals surface area contributed by atoms with Gasteiger partial charge < -0.3 is 9.47 Å². The maximum atomic E-state index is 13.4. The zero-order valence-corrected chi connectivity index (χ0v) is 14.8. The van der Waals surface area contributed by atoms with Crippen LogP contribution in [-0.2, 0) is 29.3 Å². The van der Waals surface area contributed by atoms with Gasteiger partial charge >= 0.3 is 12.1 Å². The fraction of sp³-hybridized carbons (Fsp3) is 0.474. The number of nitrogens with zero attached hydrogens (tertiary/aromatic N) is 1. The molecule has 1 saturated carbocycles. The van der Waals surface area contributed by atoms with E-state index in [1.54, 1.807) is 38.1 Å². The van der Waals surface area contributed by atoms with Gasteiger partial charge in [0, 0.05) is 12.8 Å². The number of benzene rings is 1. The van der Waals surface area contributed by atoms with Crippen molar-refractivity contribution >= 4 is 29.4 Å². The van der Waals surface area contributed by atoms with E-state index in [-0.39, 0.29) is 38.3 Å². The lowest BCUT2D eigenvalue weighted by Crippen LogP contribution is -2.53. The summed E-state index contributed by atoms with van der Waals surface area (Å²) in [4.78, 5) is 51.4. The first-order chi connectivity index (χ1) is 12.5. The Kier molecular flexibility index (Phi) is 4.80. The van der Waals surface area contributed by atoms with Crippen molar-refractivity contribution in [2.45, 2.75) is 38.5 Å². The lowest BCUT2D eigenvalue weighted by atomic mass is 9.62. The van der Waals surface area contributed by atoms with E-state index < -0.39 is 29.3 Å². The molecule has 1 spiro atoms. The quantitative estimate of drug-likeness (QED) is 0.770. The van der Waals surface area contributed by atoms with Gasteiger partial charge in [-0.25, -0.2) is 9.69 Å². The van der Waals surface area contributed by atoms with E-state index in [1.807, 2.05) is 0 Å². The van der Waals surface area contributed by atoms with Crippen molar-refractivity contribution in [2.24, 2.45) is 5.92 Å². The zero-order chi connectivity index (χ0) is 18.9. The number of fused-ring (bicyclic) bond motifs is 2. The van der Waals surface area contributed by atoms with E-state index in [9.17, 15) is 19.2 Å². The van der Waals surface area contributed by atoms with Gasteiger partial charge in [-0.3, -0.25) is 14.4 Å². The van der Waals surface area contributed by atoms with Crippen molar-refractivity contribution in [2.75, 3.05) is 18.1 Å². The number of imide groups is 1. The molecule has 7 nitrogen and oxygen atoms in total. The molecule has 0 aromatic heterocycles. The summed E-state index contributed by atoms with van der Waals surface area (Å²) < 4.78 is 10.2. The smallest absolute Gasteiger partial charge is 0.421 e. The minimum atomic E-state index is -1.27. The molecule has 0 saturated heterocycles. The molecule has 1 fully saturated rings. The SMILES string of the molecule is CCOC(=O)[C@@H]1CC(=O)CC[C@]12C(=O)N(C(=O)OCC)c1ccccc12. The number of hydrogen-bond donors (Lipinski definition) is 0. The Bertz CT molecular complexity index is 773. The van der Waals surface area contributed by atoms with Crippen molar-refractivity contribution in [3.63, 3.8) is 0 Å². The fourth-order valence-electron chi connectivity index (χ4n) is 3.96. The molecular weight excluding hydrogens is 338 g/mol. The molecule has 0 bridgehead atoms. The number of rotatable bonds is 3. The number of amides is 2. The van der Waals surface area contributed by atoms with Crippen LogP contribution in [-0.4, -0.2) is 37.0 Å². The van der Waals surface area contributed by atoms with Crippen molar-refractivity contribution in [1.29, 1.82) is 0 Å². The van der Waals surface area contributed by atoms with Crippen LogP contribution >= 0.6 is 0 Å². The van der Waals surface area contributed by atoms with Gasteiger partial charge in [0.1, 0.15) is 5.78 Å². The third-order valence-corrected chi connectivity index (χ3v) is 5.06. The number of esters is 1. The van der Waals surface area contributed by atoms with Gasteiger partial charge in [-0.2, -0.15) is 0 Å². The van der Waals surface area contributed by atoms with Crippen LogP contribution in [0.2, 0.25) is 0 Å². The number of para-hydroxylation sites is 1. The van der Waals surface area contributed by atoms with Gasteiger partial charge in [0.2, 0.25) is 5.91 Å². The minimum Gasteiger partial charge on any atom is -0.466 e. The average molecular weight is 359 g/mol. The van der Waals surface area contributed by atoms with E-state index in [2.05, 4.69) is 0 Å². The molecule has 1 heterocycles. The Morgan fingerprint density at radius 3 is 2.54 bits per heavy atom. The highest BCUT2D eigenvalue weighted by molar-refractivity contribution is 6.22. The van der Waals surface area contributed by atoms with Crippen LogP contribution in [0.4, 0.5) is 10.5 Å². The number of Topliss-reactive ketones (excluding diaryl/α,β-unsaturated/α-hetero) is 1. The number of carbonyl (C=O) groups is 4. The Balaban J connectivity index is 2.15. The molecule has 0 N–H and O–H groups in total. The van der Waals surface area contributed by atoms with Crippen LogP contribution < -0.4 is 4.90 Å².